The molecule has 1 unspecified atom stereocenters. The molecule has 6 rings (SSSR count). The van der Waals surface area contributed by atoms with Crippen LogP contribution < -0.4 is 5.32 Å². The Bertz CT molecular complexity index is 1390. The summed E-state index contributed by atoms with van der Waals surface area (Å²) in [5.74, 6) is -0.145. The van der Waals surface area contributed by atoms with Gasteiger partial charge in [0.25, 0.3) is 0 Å². The average Bonchev–Trinajstić information content (AvgIpc) is 3.25. The standard InChI is InChI=1S/C36H49N5O5/c1-25-21-27(22-26(2)34(25)43)23-29(35(44)40-14-8-30(9-15-40)38-17-19-46-20-18-38)24-33(42)39-12-10-31(11-13-39)41-16-7-28-5-3-4-6-32(28)37-36(41)45/h3-6,21-22,29-31,43H,7-20,23-24H2,1-2H3,(H,37,45). The van der Waals surface area contributed by atoms with Gasteiger partial charge >= 0.3 is 6.03 Å². The number of morpholine rings is 1. The number of nitrogens with one attached hydrogen (secondary N) is 1. The van der Waals surface area contributed by atoms with Gasteiger partial charge in [-0.2, -0.15) is 0 Å². The number of aryl methyl sites for hydroxylation is 2. The molecule has 2 aromatic rings. The van der Waals surface area contributed by atoms with Crippen LogP contribution in [0.4, 0.5) is 10.5 Å². The number of urea groups is 1. The maximum absolute atomic E-state index is 14.1. The second kappa shape index (κ2) is 14.4. The van der Waals surface area contributed by atoms with Crippen molar-refractivity contribution >= 4 is 23.5 Å². The molecule has 2 aromatic carbocycles. The normalized spacial score (nSPS) is 21.0. The van der Waals surface area contributed by atoms with E-state index in [0.29, 0.717) is 45.2 Å². The summed E-state index contributed by atoms with van der Waals surface area (Å²) in [5.41, 5.74) is 4.55. The van der Waals surface area contributed by atoms with E-state index in [1.54, 1.807) is 0 Å². The van der Waals surface area contributed by atoms with Crippen molar-refractivity contribution in [2.24, 2.45) is 5.92 Å². The number of phenolic OH excluding ortho intramolecular Hbond substituents is 1. The minimum Gasteiger partial charge on any atom is -0.507 e. The van der Waals surface area contributed by atoms with Crippen LogP contribution in [0.25, 0.3) is 0 Å². The summed E-state index contributed by atoms with van der Waals surface area (Å²) in [4.78, 5) is 49.2. The summed E-state index contributed by atoms with van der Waals surface area (Å²) < 4.78 is 5.53. The van der Waals surface area contributed by atoms with Gasteiger partial charge < -0.3 is 29.9 Å². The number of benzene rings is 2. The Kier molecular flexibility index (Phi) is 10.1. The van der Waals surface area contributed by atoms with Gasteiger partial charge in [-0.25, -0.2) is 4.79 Å². The maximum Gasteiger partial charge on any atom is 0.322 e. The minimum absolute atomic E-state index is 0.0000482. The van der Waals surface area contributed by atoms with E-state index in [1.165, 1.54) is 0 Å². The molecule has 248 valence electrons. The molecule has 0 saturated carbocycles. The Balaban J connectivity index is 1.09. The SMILES string of the molecule is Cc1cc(CC(CC(=O)N2CCC(N3CCc4ccccc4NC3=O)CC2)C(=O)N2CCC(N3CCOCC3)CC2)cc(C)c1O. The van der Waals surface area contributed by atoms with Gasteiger partial charge in [-0.3, -0.25) is 14.5 Å². The zero-order chi connectivity index (χ0) is 32.2. The van der Waals surface area contributed by atoms with Crippen molar-refractivity contribution in [3.63, 3.8) is 0 Å². The summed E-state index contributed by atoms with van der Waals surface area (Å²) >= 11 is 0. The van der Waals surface area contributed by atoms with Crippen molar-refractivity contribution in [2.45, 2.75) is 70.9 Å². The molecule has 4 aliphatic heterocycles. The quantitative estimate of drug-likeness (QED) is 0.480. The molecular formula is C36H49N5O5. The second-order valence-electron chi connectivity index (χ2n) is 13.5. The summed E-state index contributed by atoms with van der Waals surface area (Å²) in [7, 11) is 0. The summed E-state index contributed by atoms with van der Waals surface area (Å²) in [6, 6.07) is 12.3. The molecule has 4 aliphatic rings. The van der Waals surface area contributed by atoms with Crippen molar-refractivity contribution in [1.29, 1.82) is 0 Å². The number of carbonyl (C=O) groups is 3. The average molecular weight is 632 g/mol. The monoisotopic (exact) mass is 631 g/mol. The van der Waals surface area contributed by atoms with Crippen molar-refractivity contribution in [3.8, 4) is 5.75 Å². The van der Waals surface area contributed by atoms with Crippen LogP contribution in [0.2, 0.25) is 0 Å². The number of anilines is 1. The molecule has 4 heterocycles. The lowest BCUT2D eigenvalue weighted by Gasteiger charge is -2.41. The first-order valence-electron chi connectivity index (χ1n) is 17.1. The van der Waals surface area contributed by atoms with Gasteiger partial charge in [-0.1, -0.05) is 30.3 Å². The van der Waals surface area contributed by atoms with Crippen LogP contribution in [0.5, 0.6) is 5.75 Å². The van der Waals surface area contributed by atoms with Gasteiger partial charge in [-0.05, 0) is 80.7 Å². The Hall–Kier alpha value is -3.63. The van der Waals surface area contributed by atoms with Crippen LogP contribution in [0, 0.1) is 19.8 Å². The molecule has 3 fully saturated rings. The minimum atomic E-state index is -0.469. The van der Waals surface area contributed by atoms with E-state index in [2.05, 4.69) is 16.3 Å². The lowest BCUT2D eigenvalue weighted by molar-refractivity contribution is -0.143. The van der Waals surface area contributed by atoms with Gasteiger partial charge in [0.1, 0.15) is 5.75 Å². The first-order chi connectivity index (χ1) is 22.3. The van der Waals surface area contributed by atoms with Crippen molar-refractivity contribution in [3.05, 3.63) is 58.7 Å². The van der Waals surface area contributed by atoms with Crippen molar-refractivity contribution in [1.82, 2.24) is 19.6 Å². The predicted molar refractivity (Wildman–Crippen MR) is 177 cm³/mol. The first-order valence-corrected chi connectivity index (χ1v) is 17.1. The smallest absolute Gasteiger partial charge is 0.322 e. The van der Waals surface area contributed by atoms with E-state index in [1.807, 2.05) is 58.9 Å². The van der Waals surface area contributed by atoms with Crippen molar-refractivity contribution < 1.29 is 24.2 Å². The molecule has 0 spiro atoms. The molecule has 2 N–H and O–H groups in total. The van der Waals surface area contributed by atoms with Crippen molar-refractivity contribution in [2.75, 3.05) is 64.3 Å². The van der Waals surface area contributed by atoms with E-state index in [0.717, 1.165) is 86.3 Å². The van der Waals surface area contributed by atoms with Crippen LogP contribution in [0.3, 0.4) is 0 Å². The molecule has 10 nitrogen and oxygen atoms in total. The molecule has 4 amide bonds. The van der Waals surface area contributed by atoms with Crippen LogP contribution in [0.1, 0.15) is 54.4 Å². The molecule has 10 heteroatoms. The maximum atomic E-state index is 14.1. The third kappa shape index (κ3) is 7.33. The van der Waals surface area contributed by atoms with Gasteiger partial charge in [0, 0.05) is 70.0 Å². The third-order valence-electron chi connectivity index (χ3n) is 10.5. The zero-order valence-corrected chi connectivity index (χ0v) is 27.4. The molecule has 0 aromatic heterocycles. The Labute approximate surface area is 272 Å². The van der Waals surface area contributed by atoms with Gasteiger partial charge in [0.15, 0.2) is 0 Å². The number of carbonyl (C=O) groups excluding carboxylic acids is 3. The molecular weight excluding hydrogens is 582 g/mol. The van der Waals surface area contributed by atoms with Gasteiger partial charge in [0.2, 0.25) is 11.8 Å². The molecule has 1 atom stereocenters. The van der Waals surface area contributed by atoms with E-state index in [-0.39, 0.29) is 36.1 Å². The number of nitrogens with zero attached hydrogens (tertiary/aromatic N) is 4. The summed E-state index contributed by atoms with van der Waals surface area (Å²) in [6.45, 7) is 10.4. The highest BCUT2D eigenvalue weighted by Crippen LogP contribution is 2.29. The molecule has 0 radical (unpaired) electrons. The Morgan fingerprint density at radius 2 is 1.52 bits per heavy atom. The molecule has 3 saturated heterocycles. The predicted octanol–water partition coefficient (Wildman–Crippen LogP) is 3.96. The van der Waals surface area contributed by atoms with E-state index < -0.39 is 5.92 Å². The number of phenols is 1. The largest absolute Gasteiger partial charge is 0.507 e. The van der Waals surface area contributed by atoms with E-state index >= 15 is 0 Å². The van der Waals surface area contributed by atoms with E-state index in [4.69, 9.17) is 4.74 Å². The fraction of sp³-hybridized carbons (Fsp3) is 0.583. The number of rotatable bonds is 7. The molecule has 0 aliphatic carbocycles. The third-order valence-corrected chi connectivity index (χ3v) is 10.5. The first kappa shape index (κ1) is 32.3. The molecule has 0 bridgehead atoms. The van der Waals surface area contributed by atoms with E-state index in [9.17, 15) is 19.5 Å². The number of hydrogen-bond donors (Lipinski definition) is 2. The zero-order valence-electron chi connectivity index (χ0n) is 27.4. The van der Waals surface area contributed by atoms with Crippen LogP contribution in [-0.2, 0) is 27.2 Å². The molecule has 46 heavy (non-hydrogen) atoms. The van der Waals surface area contributed by atoms with Crippen LogP contribution in [-0.4, -0.2) is 114 Å². The van der Waals surface area contributed by atoms with Gasteiger partial charge in [0.05, 0.1) is 19.1 Å². The lowest BCUT2D eigenvalue weighted by atomic mass is 9.90. The Morgan fingerprint density at radius 3 is 2.22 bits per heavy atom. The highest BCUT2D eigenvalue weighted by molar-refractivity contribution is 5.91. The number of ether oxygens (including phenoxy) is 1. The number of amides is 4. The lowest BCUT2D eigenvalue weighted by Crippen LogP contribution is -2.52. The number of para-hydroxylation sites is 1. The summed E-state index contributed by atoms with van der Waals surface area (Å²) in [6.07, 6.45) is 4.74. The van der Waals surface area contributed by atoms with Gasteiger partial charge in [-0.15, -0.1) is 0 Å². The fourth-order valence-electron chi connectivity index (χ4n) is 7.85. The Morgan fingerprint density at radius 1 is 0.891 bits per heavy atom. The number of fused-ring (bicyclic) bond motifs is 1. The van der Waals surface area contributed by atoms with Crippen LogP contribution >= 0.6 is 0 Å². The topological polar surface area (TPSA) is 106 Å². The summed E-state index contributed by atoms with van der Waals surface area (Å²) in [5, 5.41) is 13.4. The number of aromatic hydroxyl groups is 1. The number of hydrogen-bond acceptors (Lipinski definition) is 6. The van der Waals surface area contributed by atoms with Crippen LogP contribution in [0.15, 0.2) is 36.4 Å². The number of likely N-dealkylation sites (tertiary alicyclic amines) is 2. The highest BCUT2D eigenvalue weighted by atomic mass is 16.5. The fourth-order valence-corrected chi connectivity index (χ4v) is 7.85. The highest BCUT2D eigenvalue weighted by Gasteiger charge is 2.35. The number of piperidine rings is 2. The second-order valence-corrected chi connectivity index (χ2v) is 13.5.